The Kier molecular flexibility index (Phi) is 2.74. The van der Waals surface area contributed by atoms with Crippen LogP contribution in [0, 0.1) is 0 Å². The molecule has 1 aromatic carbocycles. The van der Waals surface area contributed by atoms with E-state index in [0.29, 0.717) is 0 Å². The number of carbonyl (C=O) groups is 1. The van der Waals surface area contributed by atoms with Gasteiger partial charge in [-0.25, -0.2) is 5.84 Å². The maximum absolute atomic E-state index is 11.5. The molecule has 1 heterocycles. The van der Waals surface area contributed by atoms with E-state index in [4.69, 9.17) is 5.84 Å². The van der Waals surface area contributed by atoms with E-state index in [9.17, 15) is 4.79 Å². The fraction of sp³-hybridized carbons (Fsp3) is 0.300. The van der Waals surface area contributed by atoms with Gasteiger partial charge >= 0.3 is 0 Å². The van der Waals surface area contributed by atoms with Crippen molar-refractivity contribution < 1.29 is 4.79 Å². The van der Waals surface area contributed by atoms with Crippen molar-refractivity contribution in [2.45, 2.75) is 11.7 Å². The Hall–Kier alpha value is -1.00. The number of nitrogens with two attached hydrogens (primary N) is 1. The van der Waals surface area contributed by atoms with Crippen molar-refractivity contribution in [3.8, 4) is 0 Å². The van der Waals surface area contributed by atoms with Gasteiger partial charge < -0.3 is 0 Å². The third-order valence-corrected chi connectivity index (χ3v) is 3.62. The molecular weight excluding hydrogens is 196 g/mol. The minimum atomic E-state index is -0.134. The lowest BCUT2D eigenvalue weighted by molar-refractivity contribution is -0.120. The average Bonchev–Trinajstić information content (AvgIpc) is 2.27. The predicted octanol–water partition coefficient (Wildman–Crippen LogP) is 1.01. The average molecular weight is 208 g/mol. The Labute approximate surface area is 87.0 Å². The summed E-state index contributed by atoms with van der Waals surface area (Å²) in [7, 11) is 0. The van der Waals surface area contributed by atoms with Crippen molar-refractivity contribution in [2.75, 3.05) is 5.75 Å². The summed E-state index contributed by atoms with van der Waals surface area (Å²) in [5, 5.41) is -0.134. The van der Waals surface area contributed by atoms with Crippen LogP contribution in [0.15, 0.2) is 24.3 Å². The molecule has 0 radical (unpaired) electrons. The minimum Gasteiger partial charge on any atom is -0.293 e. The van der Waals surface area contributed by atoms with Crippen LogP contribution in [-0.4, -0.2) is 11.7 Å². The highest BCUT2D eigenvalue weighted by Gasteiger charge is 2.25. The fourth-order valence-electron chi connectivity index (χ4n) is 1.69. The molecule has 4 heteroatoms. The van der Waals surface area contributed by atoms with Gasteiger partial charge in [0, 0.05) is 0 Å². The van der Waals surface area contributed by atoms with Crippen molar-refractivity contribution >= 4 is 17.7 Å². The monoisotopic (exact) mass is 208 g/mol. The molecule has 74 valence electrons. The molecule has 0 saturated carbocycles. The molecule has 0 saturated heterocycles. The minimum absolute atomic E-state index is 0.109. The van der Waals surface area contributed by atoms with Crippen LogP contribution in [0.1, 0.15) is 16.4 Å². The molecule has 1 aliphatic rings. The summed E-state index contributed by atoms with van der Waals surface area (Å²) in [5.41, 5.74) is 4.58. The molecule has 2 rings (SSSR count). The molecular formula is C10H12N2OS. The molecule has 1 amide bonds. The van der Waals surface area contributed by atoms with Crippen LogP contribution in [0.5, 0.6) is 0 Å². The Morgan fingerprint density at radius 1 is 1.50 bits per heavy atom. The number of benzene rings is 1. The summed E-state index contributed by atoms with van der Waals surface area (Å²) in [6.45, 7) is 0. The van der Waals surface area contributed by atoms with Crippen LogP contribution in [0.2, 0.25) is 0 Å². The third-order valence-electron chi connectivity index (χ3n) is 2.37. The number of fused-ring (bicyclic) bond motifs is 1. The van der Waals surface area contributed by atoms with Crippen molar-refractivity contribution in [1.82, 2.24) is 5.43 Å². The summed E-state index contributed by atoms with van der Waals surface area (Å²) < 4.78 is 0. The first-order chi connectivity index (χ1) is 6.83. The van der Waals surface area contributed by atoms with Gasteiger partial charge in [0.1, 0.15) is 5.25 Å². The molecule has 0 aliphatic carbocycles. The van der Waals surface area contributed by atoms with Crippen LogP contribution in [0.3, 0.4) is 0 Å². The number of carbonyl (C=O) groups excluding carboxylic acids is 1. The van der Waals surface area contributed by atoms with Crippen LogP contribution in [0.4, 0.5) is 0 Å². The number of rotatable bonds is 1. The van der Waals surface area contributed by atoms with Gasteiger partial charge in [-0.15, -0.1) is 11.8 Å². The zero-order chi connectivity index (χ0) is 9.97. The van der Waals surface area contributed by atoms with E-state index in [1.54, 1.807) is 11.8 Å². The van der Waals surface area contributed by atoms with Crippen molar-refractivity contribution in [2.24, 2.45) is 5.84 Å². The highest BCUT2D eigenvalue weighted by molar-refractivity contribution is 8.00. The third kappa shape index (κ3) is 1.63. The van der Waals surface area contributed by atoms with E-state index in [0.717, 1.165) is 17.7 Å². The number of thioether (sulfide) groups is 1. The second-order valence-corrected chi connectivity index (χ2v) is 4.42. The van der Waals surface area contributed by atoms with Crippen molar-refractivity contribution in [1.29, 1.82) is 0 Å². The van der Waals surface area contributed by atoms with E-state index in [2.05, 4.69) is 11.5 Å². The SMILES string of the molecule is NNC(=O)[C@H]1SCCc2ccccc21. The Morgan fingerprint density at radius 3 is 3.07 bits per heavy atom. The van der Waals surface area contributed by atoms with Crippen molar-refractivity contribution in [3.05, 3.63) is 35.4 Å². The number of hydrogen-bond acceptors (Lipinski definition) is 3. The summed E-state index contributed by atoms with van der Waals surface area (Å²) in [4.78, 5) is 11.5. The maximum Gasteiger partial charge on any atom is 0.251 e. The molecule has 3 nitrogen and oxygen atoms in total. The second kappa shape index (κ2) is 4.02. The molecule has 0 aromatic heterocycles. The normalized spacial score (nSPS) is 19.9. The number of aryl methyl sites for hydroxylation is 1. The van der Waals surface area contributed by atoms with Gasteiger partial charge in [0.25, 0.3) is 5.91 Å². The summed E-state index contributed by atoms with van der Waals surface area (Å²) >= 11 is 1.65. The van der Waals surface area contributed by atoms with Crippen LogP contribution in [0.25, 0.3) is 0 Å². The number of hydrogen-bond donors (Lipinski definition) is 2. The van der Waals surface area contributed by atoms with E-state index in [1.165, 1.54) is 5.56 Å². The van der Waals surface area contributed by atoms with Crippen LogP contribution < -0.4 is 11.3 Å². The number of nitrogens with one attached hydrogen (secondary N) is 1. The van der Waals surface area contributed by atoms with Crippen LogP contribution >= 0.6 is 11.8 Å². The lowest BCUT2D eigenvalue weighted by Gasteiger charge is -2.23. The first-order valence-electron chi connectivity index (χ1n) is 4.53. The summed E-state index contributed by atoms with van der Waals surface area (Å²) in [6.07, 6.45) is 1.04. The molecule has 0 fully saturated rings. The van der Waals surface area contributed by atoms with Gasteiger partial charge in [-0.2, -0.15) is 0 Å². The molecule has 0 spiro atoms. The molecule has 0 unspecified atom stereocenters. The van der Waals surface area contributed by atoms with Gasteiger partial charge in [-0.05, 0) is 23.3 Å². The highest BCUT2D eigenvalue weighted by Crippen LogP contribution is 2.36. The second-order valence-electron chi connectivity index (χ2n) is 3.21. The lowest BCUT2D eigenvalue weighted by atomic mass is 10.0. The first-order valence-corrected chi connectivity index (χ1v) is 5.57. The van der Waals surface area contributed by atoms with Gasteiger partial charge in [0.2, 0.25) is 0 Å². The number of amides is 1. The van der Waals surface area contributed by atoms with Crippen molar-refractivity contribution in [3.63, 3.8) is 0 Å². The smallest absolute Gasteiger partial charge is 0.251 e. The molecule has 1 aliphatic heterocycles. The predicted molar refractivity (Wildman–Crippen MR) is 57.7 cm³/mol. The quantitative estimate of drug-likeness (QED) is 0.411. The van der Waals surface area contributed by atoms with E-state index in [-0.39, 0.29) is 11.2 Å². The molecule has 3 N–H and O–H groups in total. The van der Waals surface area contributed by atoms with E-state index < -0.39 is 0 Å². The molecule has 1 atom stereocenters. The molecule has 0 bridgehead atoms. The Bertz CT molecular complexity index is 354. The van der Waals surface area contributed by atoms with Gasteiger partial charge in [0.15, 0.2) is 0 Å². The van der Waals surface area contributed by atoms with Gasteiger partial charge in [-0.3, -0.25) is 10.2 Å². The zero-order valence-electron chi connectivity index (χ0n) is 7.69. The Morgan fingerprint density at radius 2 is 2.29 bits per heavy atom. The van der Waals surface area contributed by atoms with E-state index >= 15 is 0 Å². The topological polar surface area (TPSA) is 55.1 Å². The maximum atomic E-state index is 11.5. The van der Waals surface area contributed by atoms with Crippen LogP contribution in [-0.2, 0) is 11.2 Å². The molecule has 14 heavy (non-hydrogen) atoms. The van der Waals surface area contributed by atoms with E-state index in [1.807, 2.05) is 18.2 Å². The zero-order valence-corrected chi connectivity index (χ0v) is 8.51. The fourth-order valence-corrected chi connectivity index (χ4v) is 2.89. The highest BCUT2D eigenvalue weighted by atomic mass is 32.2. The summed E-state index contributed by atoms with van der Waals surface area (Å²) in [5.74, 6) is 6.02. The number of hydrazine groups is 1. The van der Waals surface area contributed by atoms with Gasteiger partial charge in [-0.1, -0.05) is 24.3 Å². The largest absolute Gasteiger partial charge is 0.293 e. The standard InChI is InChI=1S/C10H12N2OS/c11-12-10(13)9-8-4-2-1-3-7(8)5-6-14-9/h1-4,9H,5-6,11H2,(H,12,13)/t9-/m0/s1. The summed E-state index contributed by atoms with van der Waals surface area (Å²) in [6, 6.07) is 8.04. The lowest BCUT2D eigenvalue weighted by Crippen LogP contribution is -2.35. The molecule has 1 aromatic rings. The Balaban J connectivity index is 2.35. The first kappa shape index (κ1) is 9.55. The van der Waals surface area contributed by atoms with Gasteiger partial charge in [0.05, 0.1) is 0 Å².